The largest absolute Gasteiger partial charge is 0.294 e. The highest BCUT2D eigenvalue weighted by Crippen LogP contribution is 2.12. The van der Waals surface area contributed by atoms with E-state index in [2.05, 4.69) is 56.6 Å². The topological polar surface area (TPSA) is 12.4 Å². The van der Waals surface area contributed by atoms with Crippen LogP contribution in [0.3, 0.4) is 0 Å². The Morgan fingerprint density at radius 1 is 1.05 bits per heavy atom. The number of nitrogens with zero attached hydrogens (tertiary/aromatic N) is 1. The fourth-order valence-corrected chi connectivity index (χ4v) is 2.11. The normalized spacial score (nSPS) is 15.7. The van der Waals surface area contributed by atoms with E-state index in [1.807, 2.05) is 19.2 Å². The SMILES string of the molecule is C=CCC(CC=CC(C)CCCC=CC(C)C)N=CC. The van der Waals surface area contributed by atoms with Gasteiger partial charge in [-0.1, -0.05) is 51.2 Å². The summed E-state index contributed by atoms with van der Waals surface area (Å²) in [6.45, 7) is 12.5. The lowest BCUT2D eigenvalue weighted by molar-refractivity contribution is 0.606. The zero-order chi connectivity index (χ0) is 15.2. The minimum Gasteiger partial charge on any atom is -0.294 e. The summed E-state index contributed by atoms with van der Waals surface area (Å²) in [5.41, 5.74) is 0. The van der Waals surface area contributed by atoms with E-state index < -0.39 is 0 Å². The third-order valence-corrected chi connectivity index (χ3v) is 3.22. The van der Waals surface area contributed by atoms with Gasteiger partial charge in [-0.25, -0.2) is 0 Å². The Labute approximate surface area is 126 Å². The van der Waals surface area contributed by atoms with Crippen LogP contribution in [-0.4, -0.2) is 12.3 Å². The van der Waals surface area contributed by atoms with Gasteiger partial charge in [-0.05, 0) is 57.1 Å². The summed E-state index contributed by atoms with van der Waals surface area (Å²) in [7, 11) is 0. The molecule has 0 heterocycles. The number of unbranched alkanes of at least 4 members (excludes halogenated alkanes) is 1. The molecule has 114 valence electrons. The number of aliphatic imine (C=N–C) groups is 1. The van der Waals surface area contributed by atoms with E-state index in [4.69, 9.17) is 0 Å². The quantitative estimate of drug-likeness (QED) is 0.249. The van der Waals surface area contributed by atoms with E-state index in [1.165, 1.54) is 19.3 Å². The molecule has 0 bridgehead atoms. The molecule has 0 aliphatic heterocycles. The van der Waals surface area contributed by atoms with E-state index in [0.717, 1.165) is 12.8 Å². The van der Waals surface area contributed by atoms with Crippen molar-refractivity contribution in [3.63, 3.8) is 0 Å². The highest BCUT2D eigenvalue weighted by Gasteiger charge is 2.01. The molecule has 0 radical (unpaired) electrons. The van der Waals surface area contributed by atoms with Crippen molar-refractivity contribution in [3.05, 3.63) is 37.0 Å². The van der Waals surface area contributed by atoms with Crippen LogP contribution in [-0.2, 0) is 0 Å². The van der Waals surface area contributed by atoms with Crippen molar-refractivity contribution in [2.45, 2.75) is 65.8 Å². The van der Waals surface area contributed by atoms with Crippen molar-refractivity contribution in [3.8, 4) is 0 Å². The standard InChI is InChI=1S/C19H33N/c1-6-12-19(20-7-2)16-11-15-18(5)14-10-8-9-13-17(3)4/h6-7,9,11,13,15,17-19H,1,8,10,12,14,16H2,2-5H3. The van der Waals surface area contributed by atoms with Crippen LogP contribution in [0.25, 0.3) is 0 Å². The van der Waals surface area contributed by atoms with Crippen molar-refractivity contribution >= 4 is 6.21 Å². The van der Waals surface area contributed by atoms with Gasteiger partial charge in [-0.15, -0.1) is 6.58 Å². The number of hydrogen-bond donors (Lipinski definition) is 0. The van der Waals surface area contributed by atoms with E-state index in [0.29, 0.717) is 17.9 Å². The Morgan fingerprint density at radius 3 is 2.40 bits per heavy atom. The Hall–Kier alpha value is -1.11. The van der Waals surface area contributed by atoms with Crippen LogP contribution in [0.15, 0.2) is 42.0 Å². The number of rotatable bonds is 11. The first-order valence-corrected chi connectivity index (χ1v) is 8.02. The van der Waals surface area contributed by atoms with Crippen LogP contribution < -0.4 is 0 Å². The molecule has 0 aromatic rings. The molecule has 0 amide bonds. The molecular formula is C19H33N. The highest BCUT2D eigenvalue weighted by atomic mass is 14.8. The zero-order valence-electron chi connectivity index (χ0n) is 13.9. The summed E-state index contributed by atoms with van der Waals surface area (Å²) in [6, 6.07) is 0.370. The van der Waals surface area contributed by atoms with Gasteiger partial charge < -0.3 is 0 Å². The molecule has 0 rings (SSSR count). The number of hydrogen-bond acceptors (Lipinski definition) is 1. The Bertz CT molecular complexity index is 310. The molecule has 0 aliphatic rings. The van der Waals surface area contributed by atoms with Crippen molar-refractivity contribution in [2.24, 2.45) is 16.8 Å². The second-order valence-electron chi connectivity index (χ2n) is 5.83. The second-order valence-corrected chi connectivity index (χ2v) is 5.83. The van der Waals surface area contributed by atoms with E-state index in [1.54, 1.807) is 0 Å². The Morgan fingerprint density at radius 2 is 1.80 bits per heavy atom. The first-order chi connectivity index (χ1) is 9.60. The minimum atomic E-state index is 0.370. The third-order valence-electron chi connectivity index (χ3n) is 3.22. The van der Waals surface area contributed by atoms with Gasteiger partial charge >= 0.3 is 0 Å². The van der Waals surface area contributed by atoms with Crippen LogP contribution in [0.1, 0.15) is 59.8 Å². The molecule has 0 aromatic heterocycles. The van der Waals surface area contributed by atoms with Gasteiger partial charge in [0, 0.05) is 0 Å². The molecule has 20 heavy (non-hydrogen) atoms. The zero-order valence-corrected chi connectivity index (χ0v) is 13.9. The van der Waals surface area contributed by atoms with E-state index in [9.17, 15) is 0 Å². The second kappa shape index (κ2) is 12.9. The average molecular weight is 275 g/mol. The monoisotopic (exact) mass is 275 g/mol. The smallest absolute Gasteiger partial charge is 0.0564 e. The molecule has 0 saturated carbocycles. The molecule has 2 atom stereocenters. The molecule has 1 nitrogen and oxygen atoms in total. The molecule has 1 heteroatoms. The summed E-state index contributed by atoms with van der Waals surface area (Å²) >= 11 is 0. The summed E-state index contributed by atoms with van der Waals surface area (Å²) in [6.07, 6.45) is 18.8. The van der Waals surface area contributed by atoms with Gasteiger partial charge in [0.05, 0.1) is 6.04 Å². The summed E-state index contributed by atoms with van der Waals surface area (Å²) < 4.78 is 0. The predicted octanol–water partition coefficient (Wildman–Crippen LogP) is 5.99. The van der Waals surface area contributed by atoms with Crippen LogP contribution in [0.5, 0.6) is 0 Å². The van der Waals surface area contributed by atoms with Gasteiger partial charge in [0.2, 0.25) is 0 Å². The molecule has 0 aromatic carbocycles. The third kappa shape index (κ3) is 12.0. The maximum atomic E-state index is 4.46. The first kappa shape index (κ1) is 18.9. The first-order valence-electron chi connectivity index (χ1n) is 8.02. The van der Waals surface area contributed by atoms with Crippen LogP contribution in [0.4, 0.5) is 0 Å². The van der Waals surface area contributed by atoms with Crippen LogP contribution >= 0.6 is 0 Å². The Kier molecular flexibility index (Phi) is 12.2. The fraction of sp³-hybridized carbons (Fsp3) is 0.632. The highest BCUT2D eigenvalue weighted by molar-refractivity contribution is 5.53. The predicted molar refractivity (Wildman–Crippen MR) is 93.5 cm³/mol. The summed E-state index contributed by atoms with van der Waals surface area (Å²) in [4.78, 5) is 4.46. The van der Waals surface area contributed by atoms with Crippen molar-refractivity contribution in [1.82, 2.24) is 0 Å². The molecule has 0 spiro atoms. The van der Waals surface area contributed by atoms with Gasteiger partial charge in [0.15, 0.2) is 0 Å². The summed E-state index contributed by atoms with van der Waals surface area (Å²) in [5, 5.41) is 0. The molecular weight excluding hydrogens is 242 g/mol. The van der Waals surface area contributed by atoms with Gasteiger partial charge in [0.25, 0.3) is 0 Å². The molecule has 0 N–H and O–H groups in total. The lowest BCUT2D eigenvalue weighted by Crippen LogP contribution is -2.01. The minimum absolute atomic E-state index is 0.370. The fourth-order valence-electron chi connectivity index (χ4n) is 2.11. The van der Waals surface area contributed by atoms with Crippen LogP contribution in [0, 0.1) is 11.8 Å². The van der Waals surface area contributed by atoms with Crippen LogP contribution in [0.2, 0.25) is 0 Å². The lowest BCUT2D eigenvalue weighted by Gasteiger charge is -2.08. The maximum Gasteiger partial charge on any atom is 0.0564 e. The number of allylic oxidation sites excluding steroid dienone is 3. The Balaban J connectivity index is 3.86. The summed E-state index contributed by atoms with van der Waals surface area (Å²) in [5.74, 6) is 1.34. The van der Waals surface area contributed by atoms with Gasteiger partial charge in [0.1, 0.15) is 0 Å². The maximum absolute atomic E-state index is 4.46. The molecule has 0 aliphatic carbocycles. The van der Waals surface area contributed by atoms with E-state index >= 15 is 0 Å². The molecule has 0 fully saturated rings. The average Bonchev–Trinajstić information content (AvgIpc) is 2.38. The molecule has 0 saturated heterocycles. The lowest BCUT2D eigenvalue weighted by atomic mass is 10.0. The van der Waals surface area contributed by atoms with Gasteiger partial charge in [-0.2, -0.15) is 0 Å². The molecule has 2 unspecified atom stereocenters. The van der Waals surface area contributed by atoms with Crippen molar-refractivity contribution in [2.75, 3.05) is 0 Å². The van der Waals surface area contributed by atoms with Gasteiger partial charge in [-0.3, -0.25) is 4.99 Å². The van der Waals surface area contributed by atoms with E-state index in [-0.39, 0.29) is 0 Å². The van der Waals surface area contributed by atoms with Crippen molar-refractivity contribution in [1.29, 1.82) is 0 Å². The van der Waals surface area contributed by atoms with Crippen molar-refractivity contribution < 1.29 is 0 Å².